The first kappa shape index (κ1) is 31.2. The van der Waals surface area contributed by atoms with E-state index in [0.29, 0.717) is 24.9 Å². The summed E-state index contributed by atoms with van der Waals surface area (Å²) in [4.78, 5) is 15.6. The van der Waals surface area contributed by atoms with Gasteiger partial charge in [0.15, 0.2) is 8.32 Å². The first-order chi connectivity index (χ1) is 20.5. The minimum atomic E-state index is -2.13. The lowest BCUT2D eigenvalue weighted by molar-refractivity contribution is 0.177. The summed E-state index contributed by atoms with van der Waals surface area (Å²) in [5.41, 5.74) is 8.66. The van der Waals surface area contributed by atoms with Crippen molar-refractivity contribution in [3.63, 3.8) is 0 Å². The molecule has 1 heterocycles. The van der Waals surface area contributed by atoms with Crippen molar-refractivity contribution in [3.8, 4) is 5.75 Å². The Bertz CT molecular complexity index is 1590. The Labute approximate surface area is 258 Å². The van der Waals surface area contributed by atoms with Crippen LogP contribution in [-0.2, 0) is 36.7 Å². The molecule has 1 aromatic heterocycles. The molecule has 1 aliphatic rings. The van der Waals surface area contributed by atoms with Crippen molar-refractivity contribution in [2.45, 2.75) is 97.2 Å². The number of rotatable bonds is 11. The van der Waals surface area contributed by atoms with Gasteiger partial charge in [-0.1, -0.05) is 83.1 Å². The predicted octanol–water partition coefficient (Wildman–Crippen LogP) is 8.05. The molecule has 0 radical (unpaired) electrons. The molecule has 5 rings (SSSR count). The molecule has 0 spiro atoms. The van der Waals surface area contributed by atoms with Gasteiger partial charge in [-0.05, 0) is 89.3 Å². The minimum absolute atomic E-state index is 0.0603. The van der Waals surface area contributed by atoms with E-state index in [1.807, 2.05) is 42.5 Å². The highest BCUT2D eigenvalue weighted by Crippen LogP contribution is 2.41. The van der Waals surface area contributed by atoms with Crippen LogP contribution in [0.15, 0.2) is 71.5 Å². The molecule has 0 bridgehead atoms. The maximum absolute atomic E-state index is 12.5. The van der Waals surface area contributed by atoms with Crippen LogP contribution in [0, 0.1) is 0 Å². The maximum atomic E-state index is 12.5. The molecule has 3 aromatic carbocycles. The topological polar surface area (TPSA) is 63.4 Å². The molecule has 43 heavy (non-hydrogen) atoms. The molecular weight excluding hydrogens is 549 g/mol. The molecule has 0 fully saturated rings. The van der Waals surface area contributed by atoms with Crippen molar-refractivity contribution < 1.29 is 9.16 Å². The van der Waals surface area contributed by atoms with Crippen LogP contribution in [0.2, 0.25) is 18.1 Å². The zero-order chi connectivity index (χ0) is 30.8. The summed E-state index contributed by atoms with van der Waals surface area (Å²) in [6, 6.07) is 23.0. The number of aryl methyl sites for hydroxylation is 2. The highest BCUT2D eigenvalue weighted by Gasteiger charge is 2.40. The molecule has 228 valence electrons. The Morgan fingerprint density at radius 1 is 0.930 bits per heavy atom. The number of aromatic nitrogens is 1. The number of ether oxygens (including phenoxy) is 1. The van der Waals surface area contributed by atoms with Gasteiger partial charge in [0.2, 0.25) is 5.56 Å². The molecule has 2 N–H and O–H groups in total. The molecule has 0 aliphatic heterocycles. The number of H-pyrrole nitrogens is 1. The smallest absolute Gasteiger partial charge is 0.248 e. The second-order valence-corrected chi connectivity index (χ2v) is 18.3. The monoisotopic (exact) mass is 596 g/mol. The van der Waals surface area contributed by atoms with Crippen LogP contribution >= 0.6 is 0 Å². The van der Waals surface area contributed by atoms with Gasteiger partial charge >= 0.3 is 0 Å². The number of pyridine rings is 1. The number of benzene rings is 3. The Morgan fingerprint density at radius 3 is 2.19 bits per heavy atom. The van der Waals surface area contributed by atoms with Crippen LogP contribution in [0.4, 0.5) is 0 Å². The second-order valence-electron chi connectivity index (χ2n) is 13.5. The van der Waals surface area contributed by atoms with Gasteiger partial charge in [0, 0.05) is 24.0 Å². The molecule has 5 nitrogen and oxygen atoms in total. The van der Waals surface area contributed by atoms with E-state index in [2.05, 4.69) is 76.2 Å². The molecular formula is C37H48N2O3Si. The van der Waals surface area contributed by atoms with Crippen molar-refractivity contribution >= 4 is 19.2 Å². The Morgan fingerprint density at radius 2 is 1.58 bits per heavy atom. The summed E-state index contributed by atoms with van der Waals surface area (Å²) in [6.07, 6.45) is 4.08. The Kier molecular flexibility index (Phi) is 9.31. The normalized spacial score (nSPS) is 14.7. The number of aromatic amines is 1. The van der Waals surface area contributed by atoms with E-state index in [-0.39, 0.29) is 16.7 Å². The zero-order valence-corrected chi connectivity index (χ0v) is 28.0. The fourth-order valence-corrected chi connectivity index (χ4v) is 7.26. The number of nitrogens with one attached hydrogen (secondary N) is 2. The van der Waals surface area contributed by atoms with Crippen LogP contribution in [-0.4, -0.2) is 25.9 Å². The standard InChI is InChI=1S/C37H48N2O3Si/c1-8-26-19-28-21-30(22-29(28)20-27(26)9-2)38-23-34(42-43(6,7)37(3,4)5)31-15-17-33(36-32(31)16-18-35(40)39-36)41-24-25-13-11-10-12-14-25/h10-20,30,34,38H,8-9,21-24H2,1-7H3,(H,39,40)/t34-/m0/s1. The quantitative estimate of drug-likeness (QED) is 0.172. The number of fused-ring (bicyclic) bond motifs is 2. The minimum Gasteiger partial charge on any atom is -0.487 e. The van der Waals surface area contributed by atoms with Crippen molar-refractivity contribution in [3.05, 3.63) is 110 Å². The van der Waals surface area contributed by atoms with E-state index in [1.54, 1.807) is 6.07 Å². The molecule has 6 heteroatoms. The second kappa shape index (κ2) is 12.8. The molecule has 1 aliphatic carbocycles. The Balaban J connectivity index is 1.44. The molecule has 1 atom stereocenters. The maximum Gasteiger partial charge on any atom is 0.248 e. The third-order valence-electron chi connectivity index (χ3n) is 9.53. The summed E-state index contributed by atoms with van der Waals surface area (Å²) in [7, 11) is -2.13. The lowest BCUT2D eigenvalue weighted by atomic mass is 9.97. The highest BCUT2D eigenvalue weighted by molar-refractivity contribution is 6.74. The van der Waals surface area contributed by atoms with E-state index in [0.717, 1.165) is 47.7 Å². The van der Waals surface area contributed by atoms with Gasteiger partial charge in [0.05, 0.1) is 11.6 Å². The Hall–Kier alpha value is -3.19. The van der Waals surface area contributed by atoms with E-state index < -0.39 is 8.32 Å². The highest BCUT2D eigenvalue weighted by atomic mass is 28.4. The lowest BCUT2D eigenvalue weighted by Gasteiger charge is -2.40. The van der Waals surface area contributed by atoms with Crippen LogP contribution in [0.1, 0.15) is 74.1 Å². The van der Waals surface area contributed by atoms with Gasteiger partial charge in [-0.15, -0.1) is 0 Å². The molecule has 4 aromatic rings. The van der Waals surface area contributed by atoms with E-state index in [4.69, 9.17) is 9.16 Å². The van der Waals surface area contributed by atoms with Gasteiger partial charge in [0.1, 0.15) is 12.4 Å². The summed E-state index contributed by atoms with van der Waals surface area (Å²) in [5.74, 6) is 0.670. The summed E-state index contributed by atoms with van der Waals surface area (Å²) < 4.78 is 13.4. The average Bonchev–Trinajstić information content (AvgIpc) is 3.38. The molecule has 0 amide bonds. The van der Waals surface area contributed by atoms with Crippen molar-refractivity contribution in [2.24, 2.45) is 0 Å². The van der Waals surface area contributed by atoms with Crippen LogP contribution in [0.5, 0.6) is 5.75 Å². The number of hydrogen-bond acceptors (Lipinski definition) is 4. The van der Waals surface area contributed by atoms with Crippen LogP contribution < -0.4 is 15.6 Å². The van der Waals surface area contributed by atoms with Gasteiger partial charge in [-0.3, -0.25) is 4.79 Å². The van der Waals surface area contributed by atoms with E-state index in [1.165, 1.54) is 22.3 Å². The van der Waals surface area contributed by atoms with Gasteiger partial charge in [-0.2, -0.15) is 0 Å². The average molecular weight is 597 g/mol. The summed E-state index contributed by atoms with van der Waals surface area (Å²) >= 11 is 0. The first-order valence-corrected chi connectivity index (χ1v) is 18.8. The largest absolute Gasteiger partial charge is 0.487 e. The number of hydrogen-bond donors (Lipinski definition) is 2. The predicted molar refractivity (Wildman–Crippen MR) is 181 cm³/mol. The summed E-state index contributed by atoms with van der Waals surface area (Å²) in [5, 5.41) is 4.93. The SMILES string of the molecule is CCc1cc2c(cc1CC)CC(NC[C@H](O[Si](C)(C)C(C)(C)C)c1ccc(OCc3ccccc3)c3[nH]c(=O)ccc13)C2. The first-order valence-electron chi connectivity index (χ1n) is 15.9. The van der Waals surface area contributed by atoms with Crippen molar-refractivity contribution in [2.75, 3.05) is 6.54 Å². The fourth-order valence-electron chi connectivity index (χ4n) is 5.98. The third kappa shape index (κ3) is 6.98. The fraction of sp³-hybridized carbons (Fsp3) is 0.432. The van der Waals surface area contributed by atoms with E-state index >= 15 is 0 Å². The lowest BCUT2D eigenvalue weighted by Crippen LogP contribution is -2.44. The van der Waals surface area contributed by atoms with Crippen molar-refractivity contribution in [1.82, 2.24) is 10.3 Å². The third-order valence-corrected chi connectivity index (χ3v) is 14.0. The zero-order valence-electron chi connectivity index (χ0n) is 27.0. The van der Waals surface area contributed by atoms with Gasteiger partial charge < -0.3 is 19.5 Å². The molecule has 0 unspecified atom stereocenters. The van der Waals surface area contributed by atoms with Crippen molar-refractivity contribution in [1.29, 1.82) is 0 Å². The summed E-state index contributed by atoms with van der Waals surface area (Å²) in [6.45, 7) is 17.1. The van der Waals surface area contributed by atoms with Gasteiger partial charge in [-0.25, -0.2) is 0 Å². The van der Waals surface area contributed by atoms with Gasteiger partial charge in [0.25, 0.3) is 0 Å². The van der Waals surface area contributed by atoms with Crippen LogP contribution in [0.25, 0.3) is 10.9 Å². The van der Waals surface area contributed by atoms with E-state index in [9.17, 15) is 4.79 Å². The van der Waals surface area contributed by atoms with Crippen LogP contribution in [0.3, 0.4) is 0 Å². The molecule has 0 saturated carbocycles. The molecule has 0 saturated heterocycles.